The molecule has 2 aromatic carbocycles. The van der Waals surface area contributed by atoms with Crippen molar-refractivity contribution in [2.45, 2.75) is 18.9 Å². The van der Waals surface area contributed by atoms with E-state index in [1.54, 1.807) is 6.20 Å². The summed E-state index contributed by atoms with van der Waals surface area (Å²) in [5.74, 6) is 3.77. The van der Waals surface area contributed by atoms with Gasteiger partial charge in [-0.2, -0.15) is 0 Å². The zero-order chi connectivity index (χ0) is 27.3. The van der Waals surface area contributed by atoms with Gasteiger partial charge in [0.2, 0.25) is 5.95 Å². The third-order valence-corrected chi connectivity index (χ3v) is 7.49. The van der Waals surface area contributed by atoms with Gasteiger partial charge < -0.3 is 34.6 Å². The lowest BCUT2D eigenvalue weighted by atomic mass is 10.1. The Balaban J connectivity index is 1.33. The van der Waals surface area contributed by atoms with Crippen LogP contribution in [0.2, 0.25) is 0 Å². The van der Waals surface area contributed by atoms with Crippen LogP contribution in [0.4, 0.5) is 17.3 Å². The summed E-state index contributed by atoms with van der Waals surface area (Å²) >= 11 is 0. The first kappa shape index (κ1) is 26.3. The molecule has 3 aliphatic heterocycles. The van der Waals surface area contributed by atoms with Crippen LogP contribution in [-0.4, -0.2) is 92.6 Å². The van der Waals surface area contributed by atoms with E-state index in [0.717, 1.165) is 61.3 Å². The molecule has 4 heterocycles. The van der Waals surface area contributed by atoms with E-state index >= 15 is 0 Å². The van der Waals surface area contributed by atoms with Crippen molar-refractivity contribution in [1.82, 2.24) is 20.2 Å². The molecule has 0 atom stereocenters. The number of anilines is 3. The number of amides is 1. The number of nitrogens with one attached hydrogen (secondary N) is 2. The molecule has 3 aliphatic rings. The maximum Gasteiger partial charge on any atom is 0.254 e. The molecule has 1 aromatic heterocycles. The minimum Gasteiger partial charge on any atom is -0.488 e. The molecular weight excluding hydrogens is 508 g/mol. The molecule has 40 heavy (non-hydrogen) atoms. The van der Waals surface area contributed by atoms with E-state index in [1.165, 1.54) is 0 Å². The summed E-state index contributed by atoms with van der Waals surface area (Å²) in [7, 11) is 0. The number of morpholine rings is 2. The largest absolute Gasteiger partial charge is 0.488 e. The molecule has 0 saturated carbocycles. The summed E-state index contributed by atoms with van der Waals surface area (Å²) in [6.07, 6.45) is 9.43. The number of hydrogen-bond donors (Lipinski definition) is 2. The first-order chi connectivity index (χ1) is 19.7. The minimum atomic E-state index is -0.0136. The second-order valence-electron chi connectivity index (χ2n) is 10.2. The van der Waals surface area contributed by atoms with Crippen LogP contribution in [0.15, 0.2) is 36.5 Å². The molecule has 3 aromatic rings. The smallest absolute Gasteiger partial charge is 0.254 e. The zero-order valence-electron chi connectivity index (χ0n) is 22.5. The maximum atomic E-state index is 13.4. The van der Waals surface area contributed by atoms with Gasteiger partial charge >= 0.3 is 0 Å². The number of aromatic nitrogens is 2. The van der Waals surface area contributed by atoms with E-state index < -0.39 is 0 Å². The van der Waals surface area contributed by atoms with E-state index in [1.807, 2.05) is 35.2 Å². The number of nitrogens with zero attached hydrogens (tertiary/aromatic N) is 4. The fourth-order valence-electron chi connectivity index (χ4n) is 5.33. The molecular formula is C30H34N6O4. The van der Waals surface area contributed by atoms with Gasteiger partial charge in [0.15, 0.2) is 0 Å². The number of carbonyl (C=O) groups excluding carboxylic acids is 1. The van der Waals surface area contributed by atoms with Crippen LogP contribution in [0.5, 0.6) is 5.75 Å². The van der Waals surface area contributed by atoms with Gasteiger partial charge in [-0.15, -0.1) is 6.42 Å². The van der Waals surface area contributed by atoms with Crippen molar-refractivity contribution in [2.24, 2.45) is 0 Å². The van der Waals surface area contributed by atoms with Crippen LogP contribution in [0.1, 0.15) is 28.8 Å². The monoisotopic (exact) mass is 542 g/mol. The van der Waals surface area contributed by atoms with Crippen LogP contribution in [0.25, 0.3) is 10.9 Å². The van der Waals surface area contributed by atoms with Gasteiger partial charge in [-0.1, -0.05) is 5.92 Å². The standard InChI is InChI=1S/C30H34N6O4/c1-2-21-15-23-20-32-30(34-28(23)27(16-21)40-26-3-5-31-6-4-26)33-24-17-22(29(37)36-9-13-39-14-10-36)18-25(19-24)35-7-11-38-12-8-35/h1,15-20,26,31H,3-14H2,(H,32,33,34). The summed E-state index contributed by atoms with van der Waals surface area (Å²) in [5.41, 5.74) is 3.73. The highest BCUT2D eigenvalue weighted by Crippen LogP contribution is 2.31. The fourth-order valence-corrected chi connectivity index (χ4v) is 5.33. The van der Waals surface area contributed by atoms with Crippen LogP contribution < -0.4 is 20.3 Å². The predicted molar refractivity (Wildman–Crippen MR) is 153 cm³/mol. The molecule has 6 rings (SSSR count). The van der Waals surface area contributed by atoms with Gasteiger partial charge in [0.05, 0.1) is 26.4 Å². The molecule has 10 nitrogen and oxygen atoms in total. The van der Waals surface area contributed by atoms with E-state index in [0.29, 0.717) is 62.3 Å². The van der Waals surface area contributed by atoms with E-state index in [4.69, 9.17) is 25.6 Å². The Morgan fingerprint density at radius 2 is 1.77 bits per heavy atom. The third-order valence-electron chi connectivity index (χ3n) is 7.49. The number of fused-ring (bicyclic) bond motifs is 1. The average Bonchev–Trinajstić information content (AvgIpc) is 3.02. The summed E-state index contributed by atoms with van der Waals surface area (Å²) < 4.78 is 17.4. The van der Waals surface area contributed by atoms with Gasteiger partial charge in [-0.3, -0.25) is 4.79 Å². The van der Waals surface area contributed by atoms with Gasteiger partial charge in [-0.25, -0.2) is 9.97 Å². The molecule has 0 spiro atoms. The van der Waals surface area contributed by atoms with Gasteiger partial charge in [-0.05, 0) is 56.3 Å². The van der Waals surface area contributed by atoms with Crippen LogP contribution in [0, 0.1) is 12.3 Å². The SMILES string of the molecule is C#Cc1cc(OC2CCNCC2)c2nc(Nc3cc(C(=O)N4CCOCC4)cc(N4CCOCC4)c3)ncc2c1. The third kappa shape index (κ3) is 5.97. The van der Waals surface area contributed by atoms with Crippen molar-refractivity contribution in [3.63, 3.8) is 0 Å². The number of benzene rings is 2. The number of terminal acetylenes is 1. The maximum absolute atomic E-state index is 13.4. The first-order valence-corrected chi connectivity index (χ1v) is 13.9. The molecule has 3 fully saturated rings. The fraction of sp³-hybridized carbons (Fsp3) is 0.433. The topological polar surface area (TPSA) is 101 Å². The molecule has 1 amide bonds. The summed E-state index contributed by atoms with van der Waals surface area (Å²) in [4.78, 5) is 26.9. The van der Waals surface area contributed by atoms with Crippen molar-refractivity contribution in [3.05, 3.63) is 47.7 Å². The number of hydrogen-bond acceptors (Lipinski definition) is 9. The molecule has 0 unspecified atom stereocenters. The quantitative estimate of drug-likeness (QED) is 0.456. The Hall–Kier alpha value is -3.91. The van der Waals surface area contributed by atoms with Crippen LogP contribution in [0.3, 0.4) is 0 Å². The lowest BCUT2D eigenvalue weighted by molar-refractivity contribution is 0.0303. The Bertz CT molecular complexity index is 1410. The zero-order valence-corrected chi connectivity index (χ0v) is 22.5. The Morgan fingerprint density at radius 1 is 1.02 bits per heavy atom. The Kier molecular flexibility index (Phi) is 7.95. The number of piperidine rings is 1. The summed E-state index contributed by atoms with van der Waals surface area (Å²) in [6.45, 7) is 6.92. The highest BCUT2D eigenvalue weighted by molar-refractivity contribution is 5.97. The first-order valence-electron chi connectivity index (χ1n) is 13.9. The second kappa shape index (κ2) is 12.1. The number of carbonyl (C=O) groups is 1. The molecule has 0 aliphatic carbocycles. The van der Waals surface area contributed by atoms with E-state index in [9.17, 15) is 4.79 Å². The number of ether oxygens (including phenoxy) is 3. The van der Waals surface area contributed by atoms with Crippen molar-refractivity contribution >= 4 is 34.1 Å². The Labute approximate surface area is 234 Å². The summed E-state index contributed by atoms with van der Waals surface area (Å²) in [5, 5.41) is 7.53. The lowest BCUT2D eigenvalue weighted by Crippen LogP contribution is -2.41. The van der Waals surface area contributed by atoms with Crippen LogP contribution >= 0.6 is 0 Å². The van der Waals surface area contributed by atoms with E-state index in [2.05, 4.69) is 26.4 Å². The van der Waals surface area contributed by atoms with Crippen molar-refractivity contribution < 1.29 is 19.0 Å². The second-order valence-corrected chi connectivity index (χ2v) is 10.2. The van der Waals surface area contributed by atoms with Crippen molar-refractivity contribution in [2.75, 3.05) is 75.9 Å². The molecule has 0 bridgehead atoms. The highest BCUT2D eigenvalue weighted by atomic mass is 16.5. The number of rotatable bonds is 6. The molecule has 3 saturated heterocycles. The lowest BCUT2D eigenvalue weighted by Gasteiger charge is -2.31. The van der Waals surface area contributed by atoms with Crippen molar-refractivity contribution in [3.8, 4) is 18.1 Å². The minimum absolute atomic E-state index is 0.0136. The molecule has 208 valence electrons. The molecule has 2 N–H and O–H groups in total. The van der Waals surface area contributed by atoms with Crippen LogP contribution in [-0.2, 0) is 9.47 Å². The predicted octanol–water partition coefficient (Wildman–Crippen LogP) is 2.79. The van der Waals surface area contributed by atoms with E-state index in [-0.39, 0.29) is 12.0 Å². The molecule has 10 heteroatoms. The van der Waals surface area contributed by atoms with Crippen molar-refractivity contribution in [1.29, 1.82) is 0 Å². The average molecular weight is 543 g/mol. The highest BCUT2D eigenvalue weighted by Gasteiger charge is 2.22. The summed E-state index contributed by atoms with van der Waals surface area (Å²) in [6, 6.07) is 9.62. The van der Waals surface area contributed by atoms with Gasteiger partial charge in [0, 0.05) is 60.3 Å². The van der Waals surface area contributed by atoms with Gasteiger partial charge in [0.25, 0.3) is 5.91 Å². The molecule has 0 radical (unpaired) electrons. The van der Waals surface area contributed by atoms with Gasteiger partial charge in [0.1, 0.15) is 17.4 Å². The Morgan fingerprint density at radius 3 is 2.52 bits per heavy atom. The normalized spacial score (nSPS) is 18.4.